The monoisotopic (exact) mass is 380 g/mol. The first-order valence-corrected chi connectivity index (χ1v) is 11.1. The third kappa shape index (κ3) is 13.5. The number of ether oxygens (including phenoxy) is 1. The van der Waals surface area contributed by atoms with Gasteiger partial charge in [0.1, 0.15) is 12.4 Å². The van der Waals surface area contributed by atoms with Gasteiger partial charge in [-0.05, 0) is 18.6 Å². The standard InChI is InChI=1S/C23H40O4/c1-2-3-4-5-6-7-8-9-10-11-12-13-14-15-18-22(24)23(25)27-20-21-17-16-19-26-21/h16-17,19,22,24H,2-15,18,20H2,1H3. The van der Waals surface area contributed by atoms with Gasteiger partial charge >= 0.3 is 5.97 Å². The molecule has 0 bridgehead atoms. The topological polar surface area (TPSA) is 59.7 Å². The van der Waals surface area contributed by atoms with Crippen molar-refractivity contribution in [3.63, 3.8) is 0 Å². The minimum Gasteiger partial charge on any atom is -0.466 e. The normalized spacial score (nSPS) is 12.2. The van der Waals surface area contributed by atoms with Crippen molar-refractivity contribution in [3.05, 3.63) is 24.2 Å². The Labute approximate surface area is 165 Å². The van der Waals surface area contributed by atoms with E-state index < -0.39 is 12.1 Å². The molecule has 0 aromatic carbocycles. The minimum absolute atomic E-state index is 0.0850. The molecule has 0 spiro atoms. The maximum atomic E-state index is 11.7. The van der Waals surface area contributed by atoms with Gasteiger partial charge in [0.15, 0.2) is 6.10 Å². The molecule has 0 aliphatic heterocycles. The Morgan fingerprint density at radius 1 is 0.926 bits per heavy atom. The summed E-state index contributed by atoms with van der Waals surface area (Å²) in [6, 6.07) is 3.49. The number of unbranched alkanes of at least 4 members (excludes halogenated alkanes) is 13. The molecular formula is C23H40O4. The number of hydrogen-bond donors (Lipinski definition) is 1. The number of furan rings is 1. The molecule has 0 radical (unpaired) electrons. The minimum atomic E-state index is -1.02. The van der Waals surface area contributed by atoms with E-state index in [0.717, 1.165) is 12.8 Å². The van der Waals surface area contributed by atoms with Crippen molar-refractivity contribution in [1.82, 2.24) is 0 Å². The van der Waals surface area contributed by atoms with Gasteiger partial charge in [0.25, 0.3) is 0 Å². The highest BCUT2D eigenvalue weighted by Gasteiger charge is 2.16. The molecule has 156 valence electrons. The van der Waals surface area contributed by atoms with Crippen LogP contribution >= 0.6 is 0 Å². The van der Waals surface area contributed by atoms with Crippen LogP contribution in [0.5, 0.6) is 0 Å². The maximum Gasteiger partial charge on any atom is 0.335 e. The summed E-state index contributed by atoms with van der Waals surface area (Å²) in [6.07, 6.45) is 19.1. The predicted molar refractivity (Wildman–Crippen MR) is 109 cm³/mol. The summed E-state index contributed by atoms with van der Waals surface area (Å²) in [4.78, 5) is 11.7. The highest BCUT2D eigenvalue weighted by molar-refractivity contribution is 5.74. The lowest BCUT2D eigenvalue weighted by Crippen LogP contribution is -2.22. The molecule has 4 heteroatoms. The van der Waals surface area contributed by atoms with Crippen molar-refractivity contribution < 1.29 is 19.1 Å². The van der Waals surface area contributed by atoms with Crippen LogP contribution in [-0.2, 0) is 16.1 Å². The Bertz CT molecular complexity index is 441. The van der Waals surface area contributed by atoms with Crippen LogP contribution in [0.3, 0.4) is 0 Å². The van der Waals surface area contributed by atoms with Crippen LogP contribution < -0.4 is 0 Å². The highest BCUT2D eigenvalue weighted by atomic mass is 16.6. The van der Waals surface area contributed by atoms with Crippen LogP contribution in [-0.4, -0.2) is 17.2 Å². The van der Waals surface area contributed by atoms with E-state index in [1.165, 1.54) is 83.3 Å². The number of aliphatic hydroxyl groups is 1. The second-order valence-electron chi connectivity index (χ2n) is 7.59. The summed E-state index contributed by atoms with van der Waals surface area (Å²) in [5.74, 6) is 0.0353. The van der Waals surface area contributed by atoms with Crippen LogP contribution in [0, 0.1) is 0 Å². The highest BCUT2D eigenvalue weighted by Crippen LogP contribution is 2.14. The first-order chi connectivity index (χ1) is 13.2. The van der Waals surface area contributed by atoms with E-state index in [4.69, 9.17) is 9.15 Å². The maximum absolute atomic E-state index is 11.7. The molecule has 0 fully saturated rings. The molecule has 1 N–H and O–H groups in total. The molecular weight excluding hydrogens is 340 g/mol. The zero-order valence-electron chi connectivity index (χ0n) is 17.3. The summed E-state index contributed by atoms with van der Waals surface area (Å²) < 4.78 is 10.1. The smallest absolute Gasteiger partial charge is 0.335 e. The number of carbonyl (C=O) groups is 1. The quantitative estimate of drug-likeness (QED) is 0.231. The predicted octanol–water partition coefficient (Wildman–Crippen LogP) is 6.56. The lowest BCUT2D eigenvalue weighted by Gasteiger charge is -2.09. The van der Waals surface area contributed by atoms with Crippen molar-refractivity contribution in [1.29, 1.82) is 0 Å². The molecule has 1 rings (SSSR count). The van der Waals surface area contributed by atoms with Gasteiger partial charge in [-0.3, -0.25) is 0 Å². The average Bonchev–Trinajstić information content (AvgIpc) is 3.19. The van der Waals surface area contributed by atoms with E-state index >= 15 is 0 Å². The third-order valence-corrected chi connectivity index (χ3v) is 5.04. The Balaban J connectivity index is 1.82. The Kier molecular flexibility index (Phi) is 14.8. The van der Waals surface area contributed by atoms with Crippen molar-refractivity contribution >= 4 is 5.97 Å². The first-order valence-electron chi connectivity index (χ1n) is 11.1. The number of carbonyl (C=O) groups excluding carboxylic acids is 1. The van der Waals surface area contributed by atoms with Crippen LogP contribution in [0.2, 0.25) is 0 Å². The fourth-order valence-electron chi connectivity index (χ4n) is 3.28. The fourth-order valence-corrected chi connectivity index (χ4v) is 3.28. The molecule has 1 aromatic heterocycles. The summed E-state index contributed by atoms with van der Waals surface area (Å²) in [5.41, 5.74) is 0. The second kappa shape index (κ2) is 16.9. The first kappa shape index (κ1) is 23.7. The van der Waals surface area contributed by atoms with E-state index in [0.29, 0.717) is 12.2 Å². The molecule has 0 aliphatic rings. The van der Waals surface area contributed by atoms with E-state index in [2.05, 4.69) is 6.92 Å². The van der Waals surface area contributed by atoms with Gasteiger partial charge in [-0.2, -0.15) is 0 Å². The molecule has 0 saturated heterocycles. The second-order valence-corrected chi connectivity index (χ2v) is 7.59. The SMILES string of the molecule is CCCCCCCCCCCCCCCCC(O)C(=O)OCc1ccco1. The molecule has 0 amide bonds. The van der Waals surface area contributed by atoms with Crippen molar-refractivity contribution in [2.75, 3.05) is 0 Å². The average molecular weight is 381 g/mol. The molecule has 1 heterocycles. The zero-order valence-corrected chi connectivity index (χ0v) is 17.3. The van der Waals surface area contributed by atoms with Crippen LogP contribution in [0.25, 0.3) is 0 Å². The molecule has 0 saturated carbocycles. The van der Waals surface area contributed by atoms with Crippen molar-refractivity contribution in [2.24, 2.45) is 0 Å². The molecule has 4 nitrogen and oxygen atoms in total. The van der Waals surface area contributed by atoms with E-state index in [1.54, 1.807) is 12.1 Å². The number of esters is 1. The number of hydrogen-bond acceptors (Lipinski definition) is 4. The number of rotatable bonds is 18. The Morgan fingerprint density at radius 2 is 1.44 bits per heavy atom. The van der Waals surface area contributed by atoms with Crippen molar-refractivity contribution in [2.45, 2.75) is 116 Å². The lowest BCUT2D eigenvalue weighted by molar-refractivity contribution is -0.155. The largest absolute Gasteiger partial charge is 0.466 e. The van der Waals surface area contributed by atoms with E-state index in [9.17, 15) is 9.90 Å². The molecule has 27 heavy (non-hydrogen) atoms. The summed E-state index contributed by atoms with van der Waals surface area (Å²) >= 11 is 0. The van der Waals surface area contributed by atoms with Crippen molar-refractivity contribution in [3.8, 4) is 0 Å². The van der Waals surface area contributed by atoms with Gasteiger partial charge in [0, 0.05) is 0 Å². The zero-order chi connectivity index (χ0) is 19.6. The third-order valence-electron chi connectivity index (χ3n) is 5.04. The number of aliphatic hydroxyl groups excluding tert-OH is 1. The van der Waals surface area contributed by atoms with Gasteiger partial charge in [-0.15, -0.1) is 0 Å². The fraction of sp³-hybridized carbons (Fsp3) is 0.783. The summed E-state index contributed by atoms with van der Waals surface area (Å²) in [7, 11) is 0. The van der Waals surface area contributed by atoms with Crippen LogP contribution in [0.1, 0.15) is 109 Å². The van der Waals surface area contributed by atoms with Gasteiger partial charge in [0.05, 0.1) is 6.26 Å². The van der Waals surface area contributed by atoms with Gasteiger partial charge in [-0.25, -0.2) is 4.79 Å². The van der Waals surface area contributed by atoms with Gasteiger partial charge in [0.2, 0.25) is 0 Å². The molecule has 1 unspecified atom stereocenters. The molecule has 1 aromatic rings. The lowest BCUT2D eigenvalue weighted by atomic mass is 10.0. The van der Waals surface area contributed by atoms with Gasteiger partial charge in [-0.1, -0.05) is 96.8 Å². The molecule has 0 aliphatic carbocycles. The Hall–Kier alpha value is -1.29. The van der Waals surface area contributed by atoms with Gasteiger partial charge < -0.3 is 14.3 Å². The summed E-state index contributed by atoms with van der Waals surface area (Å²) in [5, 5.41) is 9.83. The van der Waals surface area contributed by atoms with Crippen LogP contribution in [0.15, 0.2) is 22.8 Å². The van der Waals surface area contributed by atoms with E-state index in [-0.39, 0.29) is 6.61 Å². The summed E-state index contributed by atoms with van der Waals surface area (Å²) in [6.45, 7) is 2.35. The molecule has 1 atom stereocenters. The van der Waals surface area contributed by atoms with E-state index in [1.807, 2.05) is 0 Å². The van der Waals surface area contributed by atoms with Crippen LogP contribution in [0.4, 0.5) is 0 Å². The Morgan fingerprint density at radius 3 is 1.93 bits per heavy atom.